The van der Waals surface area contributed by atoms with Gasteiger partial charge in [0, 0.05) is 26.4 Å². The third-order valence-corrected chi connectivity index (χ3v) is 10.4. The number of aryl methyl sites for hydroxylation is 1. The van der Waals surface area contributed by atoms with Gasteiger partial charge in [0.25, 0.3) is 5.91 Å². The van der Waals surface area contributed by atoms with E-state index in [0.717, 1.165) is 22.9 Å². The fourth-order valence-electron chi connectivity index (χ4n) is 5.22. The molecule has 32 heavy (non-hydrogen) atoms. The van der Waals surface area contributed by atoms with E-state index in [1.807, 2.05) is 19.1 Å². The molecular weight excluding hydrogens is 612 g/mol. The lowest BCUT2D eigenvalue weighted by Crippen LogP contribution is -2.37. The first-order chi connectivity index (χ1) is 15.2. The first-order valence-corrected chi connectivity index (χ1v) is 13.2. The predicted octanol–water partition coefficient (Wildman–Crippen LogP) is 3.66. The Kier molecular flexibility index (Phi) is 7.12. The molecule has 4 rings (SSSR count). The van der Waals surface area contributed by atoms with Crippen molar-refractivity contribution in [3.05, 3.63) is 28.2 Å². The Morgan fingerprint density at radius 3 is 2.34 bits per heavy atom. The van der Waals surface area contributed by atoms with Gasteiger partial charge in [-0.25, -0.2) is 0 Å². The average molecular weight is 635 g/mol. The van der Waals surface area contributed by atoms with Crippen molar-refractivity contribution >= 4 is 77.2 Å². The van der Waals surface area contributed by atoms with Gasteiger partial charge in [-0.1, -0.05) is 54.7 Å². The van der Waals surface area contributed by atoms with Gasteiger partial charge in [-0.05, 0) is 48.4 Å². The molecule has 1 aromatic rings. The number of amides is 3. The largest absolute Gasteiger partial charge is 0.456 e. The van der Waals surface area contributed by atoms with Crippen LogP contribution in [0.15, 0.2) is 22.7 Å². The summed E-state index contributed by atoms with van der Waals surface area (Å²) in [6.07, 6.45) is 1.47. The summed E-state index contributed by atoms with van der Waals surface area (Å²) in [5.74, 6) is -1.77. The summed E-state index contributed by atoms with van der Waals surface area (Å²) in [5, 5.41) is 2.74. The molecule has 1 aliphatic heterocycles. The summed E-state index contributed by atoms with van der Waals surface area (Å²) in [5.41, 5.74) is 1.63. The number of nitrogens with one attached hydrogen (secondary N) is 1. The molecule has 3 amide bonds. The van der Waals surface area contributed by atoms with E-state index in [2.05, 4.69) is 53.1 Å². The zero-order valence-corrected chi connectivity index (χ0v) is 22.1. The zero-order valence-electron chi connectivity index (χ0n) is 17.4. The Morgan fingerprint density at radius 2 is 1.75 bits per heavy atom. The minimum Gasteiger partial charge on any atom is -0.456 e. The molecule has 2 bridgehead atoms. The van der Waals surface area contributed by atoms with Crippen molar-refractivity contribution in [2.24, 2.45) is 23.7 Å². The van der Waals surface area contributed by atoms with Crippen molar-refractivity contribution < 1.29 is 23.9 Å². The summed E-state index contributed by atoms with van der Waals surface area (Å²) in [7, 11) is 0. The molecule has 1 N–H and O–H groups in total. The molecule has 0 radical (unpaired) electrons. The SMILES string of the molecule is CCc1cc(Br)ccc1NC(=O)COC(=O)CCN1C(=O)[C@@H]2[C@H]3C[C@@H]([C@@H](Br)[C@H]3Br)[C@H]2C1=O. The van der Waals surface area contributed by atoms with Crippen LogP contribution in [0.5, 0.6) is 0 Å². The Bertz CT molecular complexity index is 939. The van der Waals surface area contributed by atoms with Gasteiger partial charge in [0.1, 0.15) is 0 Å². The van der Waals surface area contributed by atoms with Crippen LogP contribution in [0.3, 0.4) is 0 Å². The van der Waals surface area contributed by atoms with Crippen LogP contribution in [0.1, 0.15) is 25.3 Å². The standard InChI is InChI=1S/C22H23Br3N2O5/c1-2-10-7-11(23)3-4-14(10)26-15(28)9-32-16(29)5-6-27-21(30)17-12-8-13(18(17)22(27)31)20(25)19(12)24/h3-4,7,12-13,17-20H,2,5-6,8-9H2,1H3,(H,26,28)/t12-,13-,17-,18-,19-,20+/m1/s1. The number of carbonyl (C=O) groups excluding carboxylic acids is 4. The maximum Gasteiger partial charge on any atom is 0.308 e. The Hall–Kier alpha value is -1.26. The molecule has 0 unspecified atom stereocenters. The fraction of sp³-hybridized carbons (Fsp3) is 0.545. The number of likely N-dealkylation sites (tertiary alicyclic amines) is 1. The number of ether oxygens (including phenoxy) is 1. The molecule has 7 nitrogen and oxygen atoms in total. The number of imide groups is 1. The number of hydrogen-bond acceptors (Lipinski definition) is 5. The minimum atomic E-state index is -0.621. The second-order valence-corrected chi connectivity index (χ2v) is 11.5. The van der Waals surface area contributed by atoms with Crippen LogP contribution in [0.4, 0.5) is 5.69 Å². The molecule has 2 aliphatic carbocycles. The average Bonchev–Trinajstić information content (AvgIpc) is 3.37. The van der Waals surface area contributed by atoms with Crippen LogP contribution >= 0.6 is 47.8 Å². The van der Waals surface area contributed by atoms with Gasteiger partial charge in [0.2, 0.25) is 11.8 Å². The number of fused-ring (bicyclic) bond motifs is 5. The summed E-state index contributed by atoms with van der Waals surface area (Å²) in [6.45, 7) is 1.54. The lowest BCUT2D eigenvalue weighted by Gasteiger charge is -2.28. The molecule has 6 atom stereocenters. The number of rotatable bonds is 7. The van der Waals surface area contributed by atoms with Crippen LogP contribution in [-0.2, 0) is 30.3 Å². The monoisotopic (exact) mass is 632 g/mol. The first kappa shape index (κ1) is 23.9. The summed E-state index contributed by atoms with van der Waals surface area (Å²) in [6, 6.07) is 5.52. The number of hydrogen-bond donors (Lipinski definition) is 1. The van der Waals surface area contributed by atoms with Crippen LogP contribution < -0.4 is 5.32 Å². The van der Waals surface area contributed by atoms with Crippen LogP contribution in [-0.4, -0.2) is 51.4 Å². The third-order valence-electron chi connectivity index (χ3n) is 6.70. The van der Waals surface area contributed by atoms with E-state index in [1.165, 1.54) is 4.90 Å². The highest BCUT2D eigenvalue weighted by atomic mass is 79.9. The molecule has 3 aliphatic rings. The highest BCUT2D eigenvalue weighted by Gasteiger charge is 2.66. The van der Waals surface area contributed by atoms with Crippen molar-refractivity contribution in [2.75, 3.05) is 18.5 Å². The van der Waals surface area contributed by atoms with Gasteiger partial charge >= 0.3 is 5.97 Å². The molecule has 0 spiro atoms. The predicted molar refractivity (Wildman–Crippen MR) is 128 cm³/mol. The summed E-state index contributed by atoms with van der Waals surface area (Å²) >= 11 is 10.7. The molecule has 0 aromatic heterocycles. The topological polar surface area (TPSA) is 92.8 Å². The number of esters is 1. The Morgan fingerprint density at radius 1 is 1.12 bits per heavy atom. The highest BCUT2D eigenvalue weighted by molar-refractivity contribution is 9.12. The van der Waals surface area contributed by atoms with E-state index < -0.39 is 18.5 Å². The third kappa shape index (κ3) is 4.30. The maximum atomic E-state index is 12.9. The smallest absolute Gasteiger partial charge is 0.308 e. The van der Waals surface area contributed by atoms with E-state index in [9.17, 15) is 19.2 Å². The lowest BCUT2D eigenvalue weighted by atomic mass is 9.81. The molecule has 1 saturated heterocycles. The van der Waals surface area contributed by atoms with Gasteiger partial charge in [-0.15, -0.1) is 0 Å². The molecule has 10 heteroatoms. The van der Waals surface area contributed by atoms with Crippen LogP contribution in [0.2, 0.25) is 0 Å². The van der Waals surface area contributed by atoms with Crippen LogP contribution in [0.25, 0.3) is 0 Å². The Labute approximate surface area is 211 Å². The minimum absolute atomic E-state index is 0.0167. The molecular formula is C22H23Br3N2O5. The molecule has 1 aromatic carbocycles. The molecule has 2 saturated carbocycles. The van der Waals surface area contributed by atoms with Gasteiger partial charge in [0.05, 0.1) is 18.3 Å². The second kappa shape index (κ2) is 9.54. The second-order valence-electron chi connectivity index (χ2n) is 8.45. The number of benzene rings is 1. The van der Waals surface area contributed by atoms with E-state index in [-0.39, 0.29) is 58.1 Å². The fourth-order valence-corrected chi connectivity index (χ4v) is 7.50. The van der Waals surface area contributed by atoms with Crippen LogP contribution in [0, 0.1) is 23.7 Å². The number of anilines is 1. The summed E-state index contributed by atoms with van der Waals surface area (Å²) < 4.78 is 5.98. The van der Waals surface area contributed by atoms with Crippen molar-refractivity contribution in [1.82, 2.24) is 4.90 Å². The zero-order chi connectivity index (χ0) is 23.2. The molecule has 1 heterocycles. The number of carbonyl (C=O) groups is 4. The van der Waals surface area contributed by atoms with Gasteiger partial charge < -0.3 is 10.1 Å². The first-order valence-electron chi connectivity index (χ1n) is 10.6. The Balaban J connectivity index is 1.26. The van der Waals surface area contributed by atoms with Gasteiger partial charge in [0.15, 0.2) is 6.61 Å². The van der Waals surface area contributed by atoms with Crippen molar-refractivity contribution in [1.29, 1.82) is 0 Å². The van der Waals surface area contributed by atoms with E-state index in [1.54, 1.807) is 6.07 Å². The summed E-state index contributed by atoms with van der Waals surface area (Å²) in [4.78, 5) is 51.6. The molecule has 172 valence electrons. The molecule has 3 fully saturated rings. The van der Waals surface area contributed by atoms with Gasteiger partial charge in [-0.2, -0.15) is 0 Å². The highest BCUT2D eigenvalue weighted by Crippen LogP contribution is 2.60. The van der Waals surface area contributed by atoms with E-state index >= 15 is 0 Å². The lowest BCUT2D eigenvalue weighted by molar-refractivity contribution is -0.149. The number of nitrogens with zero attached hydrogens (tertiary/aromatic N) is 1. The van der Waals surface area contributed by atoms with E-state index in [4.69, 9.17) is 4.74 Å². The maximum absolute atomic E-state index is 12.9. The van der Waals surface area contributed by atoms with E-state index in [0.29, 0.717) is 5.69 Å². The quantitative estimate of drug-likeness (QED) is 0.281. The van der Waals surface area contributed by atoms with Crippen molar-refractivity contribution in [2.45, 2.75) is 35.8 Å². The normalized spacial score (nSPS) is 30.6. The van der Waals surface area contributed by atoms with Crippen molar-refractivity contribution in [3.8, 4) is 0 Å². The number of halogens is 3. The van der Waals surface area contributed by atoms with Gasteiger partial charge in [-0.3, -0.25) is 24.1 Å². The number of alkyl halides is 2. The van der Waals surface area contributed by atoms with Crippen molar-refractivity contribution in [3.63, 3.8) is 0 Å².